The van der Waals surface area contributed by atoms with Crippen molar-refractivity contribution in [3.8, 4) is 0 Å². The largest absolute Gasteiger partial charge is 0.417 e. The van der Waals surface area contributed by atoms with Crippen molar-refractivity contribution in [1.82, 2.24) is 15.2 Å². The van der Waals surface area contributed by atoms with Crippen LogP contribution in [0.1, 0.15) is 55.8 Å². The molecule has 1 atom stereocenters. The van der Waals surface area contributed by atoms with Crippen LogP contribution in [0.4, 0.5) is 13.2 Å². The molecular weight excluding hydrogens is 451 g/mol. The summed E-state index contributed by atoms with van der Waals surface area (Å²) in [5.41, 5.74) is 12.2. The van der Waals surface area contributed by atoms with E-state index < -0.39 is 35.4 Å². The summed E-state index contributed by atoms with van der Waals surface area (Å²) in [7, 11) is 1.37. The lowest BCUT2D eigenvalue weighted by molar-refractivity contribution is -0.137. The number of pyridine rings is 1. The number of carbonyl (C=O) groups is 3. The Morgan fingerprint density at radius 3 is 2.44 bits per heavy atom. The Morgan fingerprint density at radius 1 is 1.12 bits per heavy atom. The fraction of sp³-hybridized carbons (Fsp3) is 0.217. The van der Waals surface area contributed by atoms with Crippen LogP contribution >= 0.6 is 0 Å². The van der Waals surface area contributed by atoms with Gasteiger partial charge in [-0.15, -0.1) is 0 Å². The molecule has 2 aromatic rings. The van der Waals surface area contributed by atoms with Gasteiger partial charge in [0, 0.05) is 30.7 Å². The summed E-state index contributed by atoms with van der Waals surface area (Å²) in [5.74, 6) is -2.45. The van der Waals surface area contributed by atoms with Gasteiger partial charge < -0.3 is 16.8 Å². The van der Waals surface area contributed by atoms with Gasteiger partial charge in [-0.3, -0.25) is 24.3 Å². The lowest BCUT2D eigenvalue weighted by atomic mass is 9.90. The number of benzene rings is 1. The van der Waals surface area contributed by atoms with E-state index >= 15 is 0 Å². The molecule has 34 heavy (non-hydrogen) atoms. The highest BCUT2D eigenvalue weighted by Crippen LogP contribution is 2.32. The normalized spacial score (nSPS) is 15.4. The maximum Gasteiger partial charge on any atom is 0.417 e. The van der Waals surface area contributed by atoms with Gasteiger partial charge in [0.1, 0.15) is 5.82 Å². The van der Waals surface area contributed by atoms with E-state index in [9.17, 15) is 27.6 Å². The van der Waals surface area contributed by atoms with E-state index in [1.165, 1.54) is 25.4 Å². The number of carbonyl (C=O) groups excluding carboxylic acids is 3. The van der Waals surface area contributed by atoms with Crippen LogP contribution in [0.2, 0.25) is 0 Å². The van der Waals surface area contributed by atoms with Gasteiger partial charge in [-0.1, -0.05) is 6.07 Å². The van der Waals surface area contributed by atoms with E-state index in [0.717, 1.165) is 11.0 Å². The fourth-order valence-electron chi connectivity index (χ4n) is 3.47. The zero-order chi connectivity index (χ0) is 25.4. The molecule has 1 aromatic heterocycles. The molecule has 11 heteroatoms. The van der Waals surface area contributed by atoms with Gasteiger partial charge >= 0.3 is 6.18 Å². The molecule has 5 N–H and O–H groups in total. The molecule has 0 saturated carbocycles. The number of halogens is 3. The standard InChI is InChI=1S/C23H22F3N5O3/c1-11-6-15(19-16(7-11)21(33)31(3)22(19)34)12(2)20(32)30-18(28)5-4-17(27)13-8-14(10-29-9-13)23(24,25)26/h4-10,12H,27-28H2,1-3H3,(H,30,32)/b17-4-,18-5+. The summed E-state index contributed by atoms with van der Waals surface area (Å²) in [4.78, 5) is 42.1. The van der Waals surface area contributed by atoms with Gasteiger partial charge in [-0.25, -0.2) is 0 Å². The van der Waals surface area contributed by atoms with Crippen LogP contribution in [0.25, 0.3) is 5.70 Å². The van der Waals surface area contributed by atoms with E-state index in [-0.39, 0.29) is 28.2 Å². The summed E-state index contributed by atoms with van der Waals surface area (Å²) in [5, 5.41) is 2.46. The van der Waals surface area contributed by atoms with Crippen LogP contribution in [0.5, 0.6) is 0 Å². The number of hydrogen-bond donors (Lipinski definition) is 3. The molecule has 0 aliphatic carbocycles. The maximum absolute atomic E-state index is 12.9. The zero-order valence-corrected chi connectivity index (χ0v) is 18.5. The second-order valence-corrected chi connectivity index (χ2v) is 7.86. The van der Waals surface area contributed by atoms with Gasteiger partial charge in [0.25, 0.3) is 11.8 Å². The number of aryl methyl sites for hydroxylation is 1. The quantitative estimate of drug-likeness (QED) is 0.452. The topological polar surface area (TPSA) is 131 Å². The van der Waals surface area contributed by atoms with Crippen LogP contribution in [0.3, 0.4) is 0 Å². The number of aromatic nitrogens is 1. The number of hydrogen-bond acceptors (Lipinski definition) is 6. The molecule has 3 rings (SSSR count). The number of fused-ring (bicyclic) bond motifs is 1. The molecule has 0 bridgehead atoms. The van der Waals surface area contributed by atoms with Crippen LogP contribution < -0.4 is 16.8 Å². The highest BCUT2D eigenvalue weighted by molar-refractivity contribution is 6.22. The van der Waals surface area contributed by atoms with Gasteiger partial charge in [0.05, 0.1) is 22.6 Å². The SMILES string of the molecule is Cc1cc2c(c(C(C)C(=O)N/C(N)=C/C=C(\N)c3cncc(C(F)(F)F)c3)c1)C(=O)N(C)C2=O. The molecular formula is C23H22F3N5O3. The highest BCUT2D eigenvalue weighted by Gasteiger charge is 2.37. The number of rotatable bonds is 5. The molecule has 8 nitrogen and oxygen atoms in total. The van der Waals surface area contributed by atoms with E-state index in [1.807, 2.05) is 0 Å². The van der Waals surface area contributed by atoms with Crippen molar-refractivity contribution in [1.29, 1.82) is 0 Å². The van der Waals surface area contributed by atoms with Crippen molar-refractivity contribution in [2.45, 2.75) is 25.9 Å². The van der Waals surface area contributed by atoms with E-state index in [2.05, 4.69) is 10.3 Å². The fourth-order valence-corrected chi connectivity index (χ4v) is 3.47. The molecule has 0 saturated heterocycles. The first-order chi connectivity index (χ1) is 15.8. The second kappa shape index (κ2) is 9.00. The Balaban J connectivity index is 1.80. The lowest BCUT2D eigenvalue weighted by Crippen LogP contribution is -2.32. The van der Waals surface area contributed by atoms with E-state index in [0.29, 0.717) is 17.3 Å². The Bertz CT molecular complexity index is 1250. The number of nitrogens with two attached hydrogens (primary N) is 2. The third kappa shape index (κ3) is 4.77. The number of allylic oxidation sites excluding steroid dienone is 2. The van der Waals surface area contributed by atoms with Crippen molar-refractivity contribution >= 4 is 23.4 Å². The van der Waals surface area contributed by atoms with E-state index in [4.69, 9.17) is 11.5 Å². The van der Waals surface area contributed by atoms with Crippen molar-refractivity contribution in [3.63, 3.8) is 0 Å². The van der Waals surface area contributed by atoms with Crippen LogP contribution in [-0.4, -0.2) is 34.7 Å². The molecule has 178 valence electrons. The van der Waals surface area contributed by atoms with Crippen molar-refractivity contribution in [2.24, 2.45) is 11.5 Å². The molecule has 1 unspecified atom stereocenters. The Hall–Kier alpha value is -4.15. The summed E-state index contributed by atoms with van der Waals surface area (Å²) < 4.78 is 38.6. The van der Waals surface area contributed by atoms with Crippen LogP contribution in [0.15, 0.2) is 48.6 Å². The molecule has 1 aliphatic rings. The molecule has 0 radical (unpaired) electrons. The number of nitrogens with one attached hydrogen (secondary N) is 1. The monoisotopic (exact) mass is 473 g/mol. The number of imide groups is 1. The minimum Gasteiger partial charge on any atom is -0.398 e. The smallest absolute Gasteiger partial charge is 0.398 e. The Labute approximate surface area is 193 Å². The van der Waals surface area contributed by atoms with Crippen molar-refractivity contribution in [2.75, 3.05) is 7.05 Å². The van der Waals surface area contributed by atoms with Gasteiger partial charge in [-0.05, 0) is 49.3 Å². The molecule has 1 aliphatic heterocycles. The molecule has 1 aromatic carbocycles. The number of nitrogens with zero attached hydrogens (tertiary/aromatic N) is 2. The van der Waals surface area contributed by atoms with E-state index in [1.54, 1.807) is 26.0 Å². The minimum atomic E-state index is -4.57. The molecule has 3 amide bonds. The number of amides is 3. The number of alkyl halides is 3. The van der Waals surface area contributed by atoms with Gasteiger partial charge in [0.15, 0.2) is 0 Å². The predicted molar refractivity (Wildman–Crippen MR) is 118 cm³/mol. The summed E-state index contributed by atoms with van der Waals surface area (Å²) in [6, 6.07) is 4.10. The Morgan fingerprint density at radius 2 is 1.79 bits per heavy atom. The maximum atomic E-state index is 12.9. The van der Waals surface area contributed by atoms with Gasteiger partial charge in [-0.2, -0.15) is 13.2 Å². The average molecular weight is 473 g/mol. The van der Waals surface area contributed by atoms with Crippen molar-refractivity contribution in [3.05, 3.63) is 81.9 Å². The predicted octanol–water partition coefficient (Wildman–Crippen LogP) is 2.65. The third-order valence-electron chi connectivity index (χ3n) is 5.34. The van der Waals surface area contributed by atoms with Crippen molar-refractivity contribution < 1.29 is 27.6 Å². The Kier molecular flexibility index (Phi) is 6.49. The lowest BCUT2D eigenvalue weighted by Gasteiger charge is -2.16. The van der Waals surface area contributed by atoms with Gasteiger partial charge in [0.2, 0.25) is 5.91 Å². The first-order valence-electron chi connectivity index (χ1n) is 10.0. The second-order valence-electron chi connectivity index (χ2n) is 7.86. The summed E-state index contributed by atoms with van der Waals surface area (Å²) in [6.07, 6.45) is -0.262. The first kappa shape index (κ1) is 24.5. The molecule has 2 heterocycles. The summed E-state index contributed by atoms with van der Waals surface area (Å²) >= 11 is 0. The van der Waals surface area contributed by atoms with Crippen LogP contribution in [-0.2, 0) is 11.0 Å². The average Bonchev–Trinajstić information content (AvgIpc) is 2.99. The first-order valence-corrected chi connectivity index (χ1v) is 10.0. The zero-order valence-electron chi connectivity index (χ0n) is 18.5. The summed E-state index contributed by atoms with van der Waals surface area (Å²) in [6.45, 7) is 3.31. The van der Waals surface area contributed by atoms with Crippen LogP contribution in [0, 0.1) is 6.92 Å². The highest BCUT2D eigenvalue weighted by atomic mass is 19.4. The molecule has 0 fully saturated rings. The molecule has 0 spiro atoms. The minimum absolute atomic E-state index is 0.0289. The third-order valence-corrected chi connectivity index (χ3v) is 5.34.